The SMILES string of the molecule is Cc1cc(=O)oc2cc(NC(=O)OCc3ccc(NC(=O)[C@H](CCCNC(N)=O)NC(=O)C(NC(=O)OCc4ccccc4)C4CC[S+]([O-])CC4)cc3)ccc12. The standard InChI is InChI=1S/C39H44N6O10S/c1-24-20-33(46)55-32-21-29(13-14-30(24)32)43-38(50)53-23-26-9-11-28(12-10-26)42-35(47)31(8-5-17-41-37(40)49)44-36(48)34(27-15-18-56(52)19-16-27)45-39(51)54-22-25-6-3-2-4-7-25/h2-4,6-7,9-14,20-21,27,31,34H,5,8,15-19,22-23H2,1H3,(H,42,47)(H,43,50)(H,44,48)(H,45,51)(H3,40,41,49)/t27?,31-,34?,56?/m0/s1. The third-order valence-corrected chi connectivity index (χ3v) is 10.4. The molecule has 0 radical (unpaired) electrons. The fourth-order valence-electron chi connectivity index (χ4n) is 6.10. The second-order valence-corrected chi connectivity index (χ2v) is 14.9. The molecule has 1 aliphatic heterocycles. The quantitative estimate of drug-likeness (QED) is 0.0570. The molecule has 17 heteroatoms. The lowest BCUT2D eigenvalue weighted by atomic mass is 9.92. The first-order valence-electron chi connectivity index (χ1n) is 18.0. The summed E-state index contributed by atoms with van der Waals surface area (Å²) in [7, 11) is 0. The van der Waals surface area contributed by atoms with Crippen LogP contribution in [0.4, 0.5) is 25.8 Å². The molecule has 1 aromatic heterocycles. The summed E-state index contributed by atoms with van der Waals surface area (Å²) < 4.78 is 28.0. The van der Waals surface area contributed by atoms with Crippen LogP contribution in [0.1, 0.15) is 42.4 Å². The number of benzene rings is 3. The molecule has 0 saturated carbocycles. The lowest BCUT2D eigenvalue weighted by molar-refractivity contribution is -0.129. The van der Waals surface area contributed by atoms with Crippen LogP contribution in [-0.2, 0) is 43.5 Å². The molecule has 2 atom stereocenters. The number of ether oxygens (including phenoxy) is 2. The van der Waals surface area contributed by atoms with Gasteiger partial charge >= 0.3 is 23.8 Å². The smallest absolute Gasteiger partial charge is 0.411 e. The number of nitrogens with one attached hydrogen (secondary N) is 5. The Morgan fingerprint density at radius 3 is 2.20 bits per heavy atom. The van der Waals surface area contributed by atoms with Gasteiger partial charge < -0.3 is 45.4 Å². The molecule has 0 spiro atoms. The fraction of sp³-hybridized carbons (Fsp3) is 0.333. The van der Waals surface area contributed by atoms with Crippen molar-refractivity contribution < 1.29 is 42.4 Å². The summed E-state index contributed by atoms with van der Waals surface area (Å²) in [4.78, 5) is 75.8. The van der Waals surface area contributed by atoms with Gasteiger partial charge in [0, 0.05) is 35.4 Å². The molecule has 1 fully saturated rings. The van der Waals surface area contributed by atoms with Crippen molar-refractivity contribution in [2.24, 2.45) is 11.7 Å². The van der Waals surface area contributed by atoms with Crippen molar-refractivity contribution >= 4 is 63.6 Å². The Morgan fingerprint density at radius 2 is 1.50 bits per heavy atom. The zero-order valence-corrected chi connectivity index (χ0v) is 31.5. The van der Waals surface area contributed by atoms with Gasteiger partial charge in [0.2, 0.25) is 11.8 Å². The van der Waals surface area contributed by atoms with Crippen LogP contribution in [0.3, 0.4) is 0 Å². The molecule has 1 unspecified atom stereocenters. The van der Waals surface area contributed by atoms with Crippen LogP contribution in [0.5, 0.6) is 0 Å². The van der Waals surface area contributed by atoms with E-state index < -0.39 is 58.9 Å². The van der Waals surface area contributed by atoms with Crippen LogP contribution >= 0.6 is 0 Å². The Kier molecular flexibility index (Phi) is 14.7. The van der Waals surface area contributed by atoms with E-state index in [1.54, 1.807) is 55.5 Å². The fourth-order valence-corrected chi connectivity index (χ4v) is 7.44. The van der Waals surface area contributed by atoms with Gasteiger partial charge in [-0.3, -0.25) is 14.9 Å². The van der Waals surface area contributed by atoms with Crippen LogP contribution in [0.25, 0.3) is 11.0 Å². The molecule has 5 rings (SSSR count). The number of carbonyl (C=O) groups is 5. The van der Waals surface area contributed by atoms with Gasteiger partial charge in [-0.05, 0) is 79.5 Å². The van der Waals surface area contributed by atoms with E-state index in [4.69, 9.17) is 19.6 Å². The molecule has 6 amide bonds. The number of anilines is 2. The highest BCUT2D eigenvalue weighted by atomic mass is 32.2. The van der Waals surface area contributed by atoms with E-state index in [9.17, 15) is 33.3 Å². The third-order valence-electron chi connectivity index (χ3n) is 9.06. The van der Waals surface area contributed by atoms with Crippen molar-refractivity contribution in [3.8, 4) is 0 Å². The van der Waals surface area contributed by atoms with Crippen LogP contribution in [0.15, 0.2) is 88.1 Å². The van der Waals surface area contributed by atoms with E-state index in [0.29, 0.717) is 46.9 Å². The summed E-state index contributed by atoms with van der Waals surface area (Å²) in [6, 6.07) is 19.0. The Balaban J connectivity index is 1.19. The summed E-state index contributed by atoms with van der Waals surface area (Å²) >= 11 is -1.03. The third kappa shape index (κ3) is 12.5. The Bertz CT molecular complexity index is 2060. The number of nitrogens with two attached hydrogens (primary N) is 1. The maximum absolute atomic E-state index is 13.8. The number of urea groups is 1. The van der Waals surface area contributed by atoms with Crippen LogP contribution < -0.4 is 37.9 Å². The summed E-state index contributed by atoms with van der Waals surface area (Å²) in [6.07, 6.45) is -0.311. The number of hydrogen-bond acceptors (Lipinski definition) is 10. The van der Waals surface area contributed by atoms with E-state index in [2.05, 4.69) is 26.6 Å². The maximum atomic E-state index is 13.8. The molecule has 7 N–H and O–H groups in total. The topological polar surface area (TPSA) is 243 Å². The molecule has 0 bridgehead atoms. The van der Waals surface area contributed by atoms with E-state index in [0.717, 1.165) is 16.5 Å². The molecule has 2 heterocycles. The van der Waals surface area contributed by atoms with Gasteiger partial charge in [0.25, 0.3) is 0 Å². The predicted octanol–water partition coefficient (Wildman–Crippen LogP) is 4.18. The summed E-state index contributed by atoms with van der Waals surface area (Å²) in [6.45, 7) is 1.83. The Hall–Kier alpha value is -6.07. The average molecular weight is 789 g/mol. The van der Waals surface area contributed by atoms with Crippen molar-refractivity contribution in [2.45, 2.75) is 57.9 Å². The molecule has 1 aliphatic rings. The van der Waals surface area contributed by atoms with Crippen LogP contribution in [0, 0.1) is 12.8 Å². The van der Waals surface area contributed by atoms with E-state index in [1.165, 1.54) is 12.1 Å². The molecule has 1 saturated heterocycles. The van der Waals surface area contributed by atoms with Crippen molar-refractivity contribution in [1.82, 2.24) is 16.0 Å². The van der Waals surface area contributed by atoms with Gasteiger partial charge in [0.1, 0.15) is 42.4 Å². The summed E-state index contributed by atoms with van der Waals surface area (Å²) in [5, 5.41) is 14.0. The first-order chi connectivity index (χ1) is 26.9. The molecule has 296 valence electrons. The number of hydrogen-bond donors (Lipinski definition) is 6. The van der Waals surface area contributed by atoms with E-state index >= 15 is 0 Å². The highest BCUT2D eigenvalue weighted by Crippen LogP contribution is 2.24. The normalized spacial score (nSPS) is 16.1. The number of aryl methyl sites for hydroxylation is 1. The largest absolute Gasteiger partial charge is 0.616 e. The zero-order valence-electron chi connectivity index (χ0n) is 30.7. The second-order valence-electron chi connectivity index (χ2n) is 13.2. The van der Waals surface area contributed by atoms with Gasteiger partial charge in [-0.15, -0.1) is 0 Å². The minimum absolute atomic E-state index is 0.0152. The Labute approximate surface area is 325 Å². The predicted molar refractivity (Wildman–Crippen MR) is 209 cm³/mol. The lowest BCUT2D eigenvalue weighted by Crippen LogP contribution is -2.56. The number of rotatable bonds is 15. The van der Waals surface area contributed by atoms with Gasteiger partial charge in [0.15, 0.2) is 0 Å². The minimum Gasteiger partial charge on any atom is -0.616 e. The highest BCUT2D eigenvalue weighted by molar-refractivity contribution is 7.91. The molecule has 0 aliphatic carbocycles. The molecule has 4 aromatic rings. The van der Waals surface area contributed by atoms with Crippen molar-refractivity contribution in [3.05, 3.63) is 106 Å². The molecular formula is C39H44N6O10S. The van der Waals surface area contributed by atoms with Gasteiger partial charge in [0.05, 0.1) is 0 Å². The Morgan fingerprint density at radius 1 is 0.839 bits per heavy atom. The van der Waals surface area contributed by atoms with Gasteiger partial charge in [-0.2, -0.15) is 0 Å². The number of fused-ring (bicyclic) bond motifs is 1. The molecule has 56 heavy (non-hydrogen) atoms. The average Bonchev–Trinajstić information content (AvgIpc) is 3.17. The summed E-state index contributed by atoms with van der Waals surface area (Å²) in [5.41, 5.74) is 7.90. The monoisotopic (exact) mass is 788 g/mol. The number of amides is 6. The highest BCUT2D eigenvalue weighted by Gasteiger charge is 2.36. The molecular weight excluding hydrogens is 745 g/mol. The first-order valence-corrected chi connectivity index (χ1v) is 19.5. The second kappa shape index (κ2) is 20.0. The lowest BCUT2D eigenvalue weighted by Gasteiger charge is -2.31. The van der Waals surface area contributed by atoms with E-state index in [-0.39, 0.29) is 38.5 Å². The molecule has 3 aromatic carbocycles. The van der Waals surface area contributed by atoms with Crippen LogP contribution in [0.2, 0.25) is 0 Å². The van der Waals surface area contributed by atoms with Crippen molar-refractivity contribution in [1.29, 1.82) is 0 Å². The van der Waals surface area contributed by atoms with Crippen molar-refractivity contribution in [3.63, 3.8) is 0 Å². The summed E-state index contributed by atoms with van der Waals surface area (Å²) in [5.74, 6) is -0.786. The van der Waals surface area contributed by atoms with Crippen LogP contribution in [-0.4, -0.2) is 64.7 Å². The van der Waals surface area contributed by atoms with Gasteiger partial charge in [-0.25, -0.2) is 19.2 Å². The maximum Gasteiger partial charge on any atom is 0.411 e. The van der Waals surface area contributed by atoms with Gasteiger partial charge in [-0.1, -0.05) is 53.6 Å². The van der Waals surface area contributed by atoms with Crippen molar-refractivity contribution in [2.75, 3.05) is 28.7 Å². The first kappa shape index (κ1) is 41.1. The number of alkyl carbamates (subject to hydrolysis) is 1. The molecule has 16 nitrogen and oxygen atoms in total. The number of primary amides is 1. The zero-order chi connectivity index (χ0) is 40.0. The van der Waals surface area contributed by atoms with E-state index in [1.807, 2.05) is 18.2 Å². The minimum atomic E-state index is -1.08. The number of carbonyl (C=O) groups excluding carboxylic acids is 5.